The molecule has 0 aliphatic carbocycles. The number of piperidine rings is 1. The SMILES string of the molecule is NC(c1n[nH]nc1Cl)=[N+]1CCCCC1. The van der Waals surface area contributed by atoms with E-state index >= 15 is 0 Å². The standard InChI is InChI=1S/C8H12ClN5/c9-7-6(11-13-12-7)8(10)14-4-2-1-3-5-14/h1-5H2,(H2,10,11,12,13)/p+1. The number of hydrogen-bond acceptors (Lipinski definition) is 2. The van der Waals surface area contributed by atoms with Gasteiger partial charge in [-0.05, 0) is 19.3 Å². The molecule has 0 atom stereocenters. The molecule has 1 aromatic heterocycles. The zero-order chi connectivity index (χ0) is 9.97. The van der Waals surface area contributed by atoms with Gasteiger partial charge < -0.3 is 0 Å². The van der Waals surface area contributed by atoms with Crippen LogP contribution in [-0.2, 0) is 0 Å². The second-order valence-corrected chi connectivity index (χ2v) is 3.75. The number of nitrogens with two attached hydrogens (primary N) is 1. The number of hydrogen-bond donors (Lipinski definition) is 2. The van der Waals surface area contributed by atoms with Crippen LogP contribution in [0.1, 0.15) is 25.0 Å². The van der Waals surface area contributed by atoms with Gasteiger partial charge in [-0.25, -0.2) is 0 Å². The van der Waals surface area contributed by atoms with Gasteiger partial charge in [0.1, 0.15) is 0 Å². The Morgan fingerprint density at radius 3 is 2.57 bits per heavy atom. The van der Waals surface area contributed by atoms with Gasteiger partial charge in [0.25, 0.3) is 5.84 Å². The second kappa shape index (κ2) is 3.96. The molecule has 76 valence electrons. The average Bonchev–Trinajstić information content (AvgIpc) is 2.65. The van der Waals surface area contributed by atoms with Gasteiger partial charge in [-0.1, -0.05) is 11.6 Å². The first-order valence-electron chi connectivity index (χ1n) is 4.73. The lowest BCUT2D eigenvalue weighted by molar-refractivity contribution is -0.537. The minimum atomic E-state index is 0.341. The van der Waals surface area contributed by atoms with Crippen LogP contribution in [0.2, 0.25) is 5.15 Å². The van der Waals surface area contributed by atoms with Gasteiger partial charge in [0.15, 0.2) is 5.15 Å². The van der Waals surface area contributed by atoms with Crippen LogP contribution in [-0.4, -0.2) is 38.9 Å². The van der Waals surface area contributed by atoms with E-state index in [0.29, 0.717) is 16.7 Å². The highest BCUT2D eigenvalue weighted by Gasteiger charge is 2.20. The predicted octanol–water partition coefficient (Wildman–Crippen LogP) is 0.360. The third-order valence-electron chi connectivity index (χ3n) is 2.44. The largest absolute Gasteiger partial charge is 0.299 e. The molecule has 1 saturated heterocycles. The first-order chi connectivity index (χ1) is 6.79. The molecule has 0 radical (unpaired) electrons. The highest BCUT2D eigenvalue weighted by Crippen LogP contribution is 2.10. The molecule has 0 unspecified atom stereocenters. The second-order valence-electron chi connectivity index (χ2n) is 3.40. The maximum Gasteiger partial charge on any atom is 0.299 e. The number of rotatable bonds is 1. The minimum absolute atomic E-state index is 0.341. The van der Waals surface area contributed by atoms with E-state index < -0.39 is 0 Å². The van der Waals surface area contributed by atoms with Gasteiger partial charge in [0, 0.05) is 0 Å². The van der Waals surface area contributed by atoms with E-state index in [-0.39, 0.29) is 0 Å². The molecule has 1 aliphatic heterocycles. The Bertz CT molecular complexity index is 348. The molecule has 1 aromatic rings. The number of aromatic nitrogens is 3. The molecule has 2 heterocycles. The number of nitrogens with zero attached hydrogens (tertiary/aromatic N) is 3. The number of H-pyrrole nitrogens is 1. The lowest BCUT2D eigenvalue weighted by Crippen LogP contribution is -2.33. The first-order valence-corrected chi connectivity index (χ1v) is 5.11. The van der Waals surface area contributed by atoms with Crippen molar-refractivity contribution in [1.29, 1.82) is 0 Å². The minimum Gasteiger partial charge on any atom is -0.285 e. The Labute approximate surface area is 86.9 Å². The summed E-state index contributed by atoms with van der Waals surface area (Å²) >= 11 is 5.82. The van der Waals surface area contributed by atoms with Gasteiger partial charge in [-0.2, -0.15) is 5.21 Å². The maximum atomic E-state index is 5.95. The molecule has 0 amide bonds. The highest BCUT2D eigenvalue weighted by atomic mass is 35.5. The van der Waals surface area contributed by atoms with Crippen LogP contribution in [0, 0.1) is 0 Å². The molecule has 6 heteroatoms. The van der Waals surface area contributed by atoms with Gasteiger partial charge in [-0.3, -0.25) is 10.3 Å². The summed E-state index contributed by atoms with van der Waals surface area (Å²) in [5.74, 6) is 0.628. The Kier molecular flexibility index (Phi) is 2.67. The van der Waals surface area contributed by atoms with E-state index in [1.165, 1.54) is 19.3 Å². The van der Waals surface area contributed by atoms with Crippen LogP contribution in [0.5, 0.6) is 0 Å². The molecule has 1 fully saturated rings. The van der Waals surface area contributed by atoms with Crippen LogP contribution in [0.4, 0.5) is 0 Å². The van der Waals surface area contributed by atoms with Crippen LogP contribution in [0.15, 0.2) is 0 Å². The topological polar surface area (TPSA) is 70.6 Å². The van der Waals surface area contributed by atoms with Crippen LogP contribution in [0.3, 0.4) is 0 Å². The van der Waals surface area contributed by atoms with Crippen molar-refractivity contribution in [2.24, 2.45) is 5.73 Å². The average molecular weight is 215 g/mol. The lowest BCUT2D eigenvalue weighted by Gasteiger charge is -2.13. The van der Waals surface area contributed by atoms with Crippen LogP contribution >= 0.6 is 11.6 Å². The van der Waals surface area contributed by atoms with Gasteiger partial charge in [-0.15, -0.1) is 10.2 Å². The van der Waals surface area contributed by atoms with E-state index in [4.69, 9.17) is 17.3 Å². The van der Waals surface area contributed by atoms with E-state index in [1.54, 1.807) is 0 Å². The zero-order valence-corrected chi connectivity index (χ0v) is 8.59. The van der Waals surface area contributed by atoms with Crippen molar-refractivity contribution in [2.45, 2.75) is 19.3 Å². The van der Waals surface area contributed by atoms with Crippen molar-refractivity contribution in [1.82, 2.24) is 15.4 Å². The van der Waals surface area contributed by atoms with E-state index in [1.807, 2.05) is 0 Å². The molecule has 0 aromatic carbocycles. The molecule has 2 rings (SSSR count). The fourth-order valence-corrected chi connectivity index (χ4v) is 1.84. The van der Waals surface area contributed by atoms with Crippen molar-refractivity contribution >= 4 is 17.4 Å². The molecule has 3 N–H and O–H groups in total. The van der Waals surface area contributed by atoms with E-state index in [9.17, 15) is 0 Å². The first kappa shape index (κ1) is 9.45. The van der Waals surface area contributed by atoms with E-state index in [0.717, 1.165) is 13.1 Å². The summed E-state index contributed by atoms with van der Waals surface area (Å²) in [5.41, 5.74) is 6.51. The smallest absolute Gasteiger partial charge is 0.285 e. The Morgan fingerprint density at radius 2 is 2.00 bits per heavy atom. The van der Waals surface area contributed by atoms with Crippen LogP contribution < -0.4 is 5.73 Å². The van der Waals surface area contributed by atoms with Gasteiger partial charge >= 0.3 is 0 Å². The third-order valence-corrected chi connectivity index (χ3v) is 2.71. The van der Waals surface area contributed by atoms with Crippen molar-refractivity contribution < 1.29 is 4.58 Å². The van der Waals surface area contributed by atoms with Crippen molar-refractivity contribution in [2.75, 3.05) is 13.1 Å². The summed E-state index contributed by atoms with van der Waals surface area (Å²) in [7, 11) is 0. The van der Waals surface area contributed by atoms with Gasteiger partial charge in [0.2, 0.25) is 5.69 Å². The summed E-state index contributed by atoms with van der Waals surface area (Å²) in [6, 6.07) is 0. The third kappa shape index (κ3) is 1.72. The fourth-order valence-electron chi connectivity index (χ4n) is 1.67. The summed E-state index contributed by atoms with van der Waals surface area (Å²) in [5, 5.41) is 10.5. The van der Waals surface area contributed by atoms with Crippen molar-refractivity contribution in [3.05, 3.63) is 10.8 Å². The summed E-state index contributed by atoms with van der Waals surface area (Å²) < 4.78 is 2.10. The van der Waals surface area contributed by atoms with Gasteiger partial charge in [0.05, 0.1) is 13.1 Å². The number of aromatic amines is 1. The molecule has 0 saturated carbocycles. The molecular weight excluding hydrogens is 202 g/mol. The summed E-state index contributed by atoms with van der Waals surface area (Å²) in [4.78, 5) is 0. The Morgan fingerprint density at radius 1 is 1.29 bits per heavy atom. The quantitative estimate of drug-likeness (QED) is 0.524. The number of amidine groups is 1. The Hall–Kier alpha value is -1.10. The zero-order valence-electron chi connectivity index (χ0n) is 7.83. The number of halogens is 1. The van der Waals surface area contributed by atoms with Crippen molar-refractivity contribution in [3.63, 3.8) is 0 Å². The summed E-state index contributed by atoms with van der Waals surface area (Å²) in [6.45, 7) is 1.96. The molecular formula is C8H13ClN5+. The predicted molar refractivity (Wildman–Crippen MR) is 53.5 cm³/mol. The molecule has 1 aliphatic rings. The van der Waals surface area contributed by atoms with E-state index in [2.05, 4.69) is 20.0 Å². The monoisotopic (exact) mass is 214 g/mol. The summed E-state index contributed by atoms with van der Waals surface area (Å²) in [6.07, 6.45) is 3.63. The lowest BCUT2D eigenvalue weighted by atomic mass is 10.1. The number of nitrogens with one attached hydrogen (secondary N) is 1. The highest BCUT2D eigenvalue weighted by molar-refractivity contribution is 6.32. The maximum absolute atomic E-state index is 5.95. The molecule has 14 heavy (non-hydrogen) atoms. The fraction of sp³-hybridized carbons (Fsp3) is 0.625. The molecule has 5 nitrogen and oxygen atoms in total. The van der Waals surface area contributed by atoms with Crippen molar-refractivity contribution in [3.8, 4) is 0 Å². The van der Waals surface area contributed by atoms with Crippen LogP contribution in [0.25, 0.3) is 0 Å². The Balaban J connectivity index is 2.29. The molecule has 0 bridgehead atoms. The molecule has 0 spiro atoms. The normalized spacial score (nSPS) is 17.1.